The molecule has 0 amide bonds. The normalized spacial score (nSPS) is 18.0. The van der Waals surface area contributed by atoms with Crippen LogP contribution in [0.15, 0.2) is 12.1 Å². The quantitative estimate of drug-likeness (QED) is 0.895. The van der Waals surface area contributed by atoms with Gasteiger partial charge in [0.2, 0.25) is 0 Å². The third-order valence-corrected chi connectivity index (χ3v) is 4.40. The van der Waals surface area contributed by atoms with E-state index in [2.05, 4.69) is 55.2 Å². The summed E-state index contributed by atoms with van der Waals surface area (Å²) in [5, 5.41) is 3.42. The van der Waals surface area contributed by atoms with Crippen LogP contribution >= 0.6 is 0 Å². The van der Waals surface area contributed by atoms with Crippen LogP contribution in [-0.4, -0.2) is 63.7 Å². The van der Waals surface area contributed by atoms with E-state index in [0.717, 1.165) is 38.5 Å². The average molecular weight is 291 g/mol. The molecule has 118 valence electrons. The Morgan fingerprint density at radius 1 is 1.19 bits per heavy atom. The van der Waals surface area contributed by atoms with Gasteiger partial charge in [-0.15, -0.1) is 0 Å². The lowest BCUT2D eigenvalue weighted by Gasteiger charge is -2.35. The van der Waals surface area contributed by atoms with Crippen molar-refractivity contribution in [2.75, 3.05) is 53.9 Å². The van der Waals surface area contributed by atoms with E-state index in [0.29, 0.717) is 6.04 Å². The second-order valence-electron chi connectivity index (χ2n) is 6.20. The summed E-state index contributed by atoms with van der Waals surface area (Å²) in [6.07, 6.45) is 0. The highest BCUT2D eigenvalue weighted by atomic mass is 16.5. The van der Waals surface area contributed by atoms with Gasteiger partial charge in [0.1, 0.15) is 5.75 Å². The fourth-order valence-electron chi connectivity index (χ4n) is 3.23. The fraction of sp³-hybridized carbons (Fsp3) is 0.647. The molecule has 1 aliphatic heterocycles. The van der Waals surface area contributed by atoms with Gasteiger partial charge in [-0.2, -0.15) is 0 Å². The van der Waals surface area contributed by atoms with Gasteiger partial charge >= 0.3 is 0 Å². The molecule has 4 nitrogen and oxygen atoms in total. The van der Waals surface area contributed by atoms with Crippen molar-refractivity contribution in [3.8, 4) is 5.75 Å². The Labute approximate surface area is 129 Å². The largest absolute Gasteiger partial charge is 0.497 e. The Bertz CT molecular complexity index is 444. The maximum atomic E-state index is 5.39. The lowest BCUT2D eigenvalue weighted by molar-refractivity contribution is 0.167. The number of ether oxygens (including phenoxy) is 1. The van der Waals surface area contributed by atoms with Crippen molar-refractivity contribution in [3.63, 3.8) is 0 Å². The zero-order chi connectivity index (χ0) is 15.4. The van der Waals surface area contributed by atoms with Crippen LogP contribution in [0.25, 0.3) is 0 Å². The molecule has 1 N–H and O–H groups in total. The van der Waals surface area contributed by atoms with Crippen LogP contribution in [-0.2, 0) is 0 Å². The zero-order valence-corrected chi connectivity index (χ0v) is 14.1. The molecule has 0 aliphatic carbocycles. The molecular weight excluding hydrogens is 262 g/mol. The summed E-state index contributed by atoms with van der Waals surface area (Å²) in [5.74, 6) is 0.952. The fourth-order valence-corrected chi connectivity index (χ4v) is 3.23. The first kappa shape index (κ1) is 16.3. The van der Waals surface area contributed by atoms with Crippen molar-refractivity contribution in [2.45, 2.75) is 19.9 Å². The Balaban J connectivity index is 2.25. The van der Waals surface area contributed by atoms with Crippen molar-refractivity contribution >= 4 is 0 Å². The predicted molar refractivity (Wildman–Crippen MR) is 88.2 cm³/mol. The molecule has 1 aliphatic rings. The van der Waals surface area contributed by atoms with Gasteiger partial charge in [0.25, 0.3) is 0 Å². The summed E-state index contributed by atoms with van der Waals surface area (Å²) in [4.78, 5) is 4.90. The summed E-state index contributed by atoms with van der Waals surface area (Å²) < 4.78 is 5.39. The Kier molecular flexibility index (Phi) is 5.62. The first-order valence-corrected chi connectivity index (χ1v) is 7.77. The van der Waals surface area contributed by atoms with Gasteiger partial charge in [0, 0.05) is 38.8 Å². The van der Waals surface area contributed by atoms with E-state index in [-0.39, 0.29) is 0 Å². The summed E-state index contributed by atoms with van der Waals surface area (Å²) in [7, 11) is 6.09. The van der Waals surface area contributed by atoms with E-state index in [1.54, 1.807) is 7.11 Å². The highest BCUT2D eigenvalue weighted by Crippen LogP contribution is 2.30. The van der Waals surface area contributed by atoms with Crippen LogP contribution < -0.4 is 10.1 Å². The molecule has 21 heavy (non-hydrogen) atoms. The van der Waals surface area contributed by atoms with Crippen LogP contribution in [0.1, 0.15) is 22.7 Å². The van der Waals surface area contributed by atoms with Crippen LogP contribution in [0.5, 0.6) is 5.75 Å². The number of hydrogen-bond donors (Lipinski definition) is 1. The number of rotatable bonds is 5. The number of nitrogens with one attached hydrogen (secondary N) is 1. The van der Waals surface area contributed by atoms with Crippen molar-refractivity contribution in [2.24, 2.45) is 0 Å². The minimum atomic E-state index is 0.425. The molecule has 0 bridgehead atoms. The Morgan fingerprint density at radius 3 is 2.24 bits per heavy atom. The van der Waals surface area contributed by atoms with Gasteiger partial charge in [0.15, 0.2) is 0 Å². The molecule has 1 unspecified atom stereocenters. The maximum absolute atomic E-state index is 5.39. The number of methoxy groups -OCH3 is 1. The van der Waals surface area contributed by atoms with Gasteiger partial charge in [-0.25, -0.2) is 0 Å². The molecular formula is C17H29N3O. The molecule has 0 saturated carbocycles. The van der Waals surface area contributed by atoms with E-state index in [1.807, 2.05) is 0 Å². The molecule has 1 saturated heterocycles. The molecule has 2 rings (SSSR count). The molecule has 1 aromatic carbocycles. The third kappa shape index (κ3) is 3.96. The van der Waals surface area contributed by atoms with Crippen molar-refractivity contribution in [1.82, 2.24) is 15.1 Å². The molecule has 1 atom stereocenters. The molecule has 4 heteroatoms. The highest BCUT2D eigenvalue weighted by molar-refractivity contribution is 5.43. The molecule has 1 heterocycles. The van der Waals surface area contributed by atoms with Crippen LogP contribution in [0, 0.1) is 13.8 Å². The lowest BCUT2D eigenvalue weighted by Crippen LogP contribution is -2.46. The number of piperazine rings is 1. The van der Waals surface area contributed by atoms with E-state index >= 15 is 0 Å². The minimum absolute atomic E-state index is 0.425. The zero-order valence-electron chi connectivity index (χ0n) is 14.1. The van der Waals surface area contributed by atoms with E-state index < -0.39 is 0 Å². The standard InChI is InChI=1S/C17H29N3O/c1-13-10-15(21-5)11-14(2)17(13)16(19(3)4)12-20-8-6-18-7-9-20/h10-11,16,18H,6-9,12H2,1-5H3. The lowest BCUT2D eigenvalue weighted by atomic mass is 9.94. The van der Waals surface area contributed by atoms with E-state index in [9.17, 15) is 0 Å². The highest BCUT2D eigenvalue weighted by Gasteiger charge is 2.23. The van der Waals surface area contributed by atoms with E-state index in [4.69, 9.17) is 4.74 Å². The van der Waals surface area contributed by atoms with Gasteiger partial charge < -0.3 is 15.0 Å². The first-order valence-electron chi connectivity index (χ1n) is 7.77. The van der Waals surface area contributed by atoms with Crippen molar-refractivity contribution in [1.29, 1.82) is 0 Å². The molecule has 0 aromatic heterocycles. The van der Waals surface area contributed by atoms with Gasteiger partial charge in [-0.3, -0.25) is 4.90 Å². The average Bonchev–Trinajstić information content (AvgIpc) is 2.46. The number of likely N-dealkylation sites (N-methyl/N-ethyl adjacent to an activating group) is 1. The SMILES string of the molecule is COc1cc(C)c(C(CN2CCNCC2)N(C)C)c(C)c1. The molecule has 0 spiro atoms. The van der Waals surface area contributed by atoms with Crippen molar-refractivity contribution < 1.29 is 4.74 Å². The topological polar surface area (TPSA) is 27.7 Å². The molecule has 0 radical (unpaired) electrons. The van der Waals surface area contributed by atoms with Gasteiger partial charge in [-0.1, -0.05) is 0 Å². The second kappa shape index (κ2) is 7.25. The third-order valence-electron chi connectivity index (χ3n) is 4.40. The first-order chi connectivity index (χ1) is 10.0. The predicted octanol–water partition coefficient (Wildman–Crippen LogP) is 1.82. The van der Waals surface area contributed by atoms with Crippen LogP contribution in [0.4, 0.5) is 0 Å². The van der Waals surface area contributed by atoms with E-state index in [1.165, 1.54) is 16.7 Å². The summed E-state index contributed by atoms with van der Waals surface area (Å²) in [6.45, 7) is 9.94. The van der Waals surface area contributed by atoms with Gasteiger partial charge in [-0.05, 0) is 56.8 Å². The van der Waals surface area contributed by atoms with Crippen molar-refractivity contribution in [3.05, 3.63) is 28.8 Å². The molecule has 1 aromatic rings. The second-order valence-corrected chi connectivity index (χ2v) is 6.20. The monoisotopic (exact) mass is 291 g/mol. The Hall–Kier alpha value is -1.10. The smallest absolute Gasteiger partial charge is 0.119 e. The van der Waals surface area contributed by atoms with Gasteiger partial charge in [0.05, 0.1) is 7.11 Å². The number of nitrogens with zero attached hydrogens (tertiary/aromatic N) is 2. The number of hydrogen-bond acceptors (Lipinski definition) is 4. The summed E-state index contributed by atoms with van der Waals surface area (Å²) in [5.41, 5.74) is 4.08. The van der Waals surface area contributed by atoms with Crippen LogP contribution in [0.2, 0.25) is 0 Å². The summed E-state index contributed by atoms with van der Waals surface area (Å²) >= 11 is 0. The number of benzene rings is 1. The Morgan fingerprint density at radius 2 is 1.76 bits per heavy atom. The molecule has 1 fully saturated rings. The minimum Gasteiger partial charge on any atom is -0.497 e. The number of aryl methyl sites for hydroxylation is 2. The summed E-state index contributed by atoms with van der Waals surface area (Å²) in [6, 6.07) is 4.72. The maximum Gasteiger partial charge on any atom is 0.119 e. The van der Waals surface area contributed by atoms with Crippen LogP contribution in [0.3, 0.4) is 0 Å².